The molecule has 19 heavy (non-hydrogen) atoms. The minimum absolute atomic E-state index is 0.647. The van der Waals surface area contributed by atoms with E-state index in [2.05, 4.69) is 40.3 Å². The molecule has 1 aromatic carbocycles. The first-order chi connectivity index (χ1) is 9.24. The summed E-state index contributed by atoms with van der Waals surface area (Å²) in [5, 5.41) is 3.51. The molecule has 1 N–H and O–H groups in total. The Morgan fingerprint density at radius 3 is 2.68 bits per heavy atom. The van der Waals surface area contributed by atoms with Crippen LogP contribution in [-0.4, -0.2) is 19.3 Å². The molecular weight excluding hydrogens is 306 g/mol. The van der Waals surface area contributed by atoms with Crippen LogP contribution in [0.2, 0.25) is 0 Å². The van der Waals surface area contributed by atoms with Crippen molar-refractivity contribution < 1.29 is 9.47 Å². The van der Waals surface area contributed by atoms with Crippen LogP contribution in [0.15, 0.2) is 16.6 Å². The summed E-state index contributed by atoms with van der Waals surface area (Å²) in [6.45, 7) is 6.33. The minimum Gasteiger partial charge on any atom is -0.490 e. The first kappa shape index (κ1) is 14.7. The standard InChI is InChI=1S/C15H22BrNO2/c1-3-7-19-15-13(16)8-11(9-14(15)18-4-2)10-17-12-5-6-12/h8-9,12,17H,3-7,10H2,1-2H3. The monoisotopic (exact) mass is 327 g/mol. The van der Waals surface area contributed by atoms with Crippen LogP contribution in [0.3, 0.4) is 0 Å². The van der Waals surface area contributed by atoms with Crippen LogP contribution in [0.4, 0.5) is 0 Å². The SMILES string of the molecule is CCCOc1c(Br)cc(CNC2CC2)cc1OCC. The molecule has 0 amide bonds. The van der Waals surface area contributed by atoms with E-state index in [1.54, 1.807) is 0 Å². The van der Waals surface area contributed by atoms with Crippen molar-refractivity contribution >= 4 is 15.9 Å². The minimum atomic E-state index is 0.647. The molecule has 2 rings (SSSR count). The number of rotatable bonds is 8. The Morgan fingerprint density at radius 2 is 2.05 bits per heavy atom. The molecule has 0 bridgehead atoms. The van der Waals surface area contributed by atoms with Crippen LogP contribution in [0.25, 0.3) is 0 Å². The lowest BCUT2D eigenvalue weighted by Gasteiger charge is -2.15. The maximum absolute atomic E-state index is 5.77. The lowest BCUT2D eigenvalue weighted by molar-refractivity contribution is 0.275. The predicted octanol–water partition coefficient (Wildman–Crippen LogP) is 3.89. The summed E-state index contributed by atoms with van der Waals surface area (Å²) in [5.74, 6) is 1.65. The van der Waals surface area contributed by atoms with Crippen molar-refractivity contribution in [2.45, 2.75) is 45.7 Å². The molecule has 0 atom stereocenters. The van der Waals surface area contributed by atoms with Crippen LogP contribution >= 0.6 is 15.9 Å². The molecule has 1 aliphatic carbocycles. The van der Waals surface area contributed by atoms with E-state index in [0.29, 0.717) is 19.3 Å². The summed E-state index contributed by atoms with van der Waals surface area (Å²) in [5.41, 5.74) is 1.23. The predicted molar refractivity (Wildman–Crippen MR) is 81.0 cm³/mol. The van der Waals surface area contributed by atoms with Gasteiger partial charge in [0.25, 0.3) is 0 Å². The van der Waals surface area contributed by atoms with Gasteiger partial charge in [-0.05, 0) is 59.8 Å². The quantitative estimate of drug-likeness (QED) is 0.785. The molecule has 0 saturated heterocycles. The Balaban J connectivity index is 2.12. The Kier molecular flexibility index (Phi) is 5.52. The average molecular weight is 328 g/mol. The first-order valence-corrected chi connectivity index (χ1v) is 7.85. The third kappa shape index (κ3) is 4.39. The Morgan fingerprint density at radius 1 is 1.26 bits per heavy atom. The van der Waals surface area contributed by atoms with Gasteiger partial charge in [0.1, 0.15) is 0 Å². The van der Waals surface area contributed by atoms with Crippen LogP contribution in [0.5, 0.6) is 11.5 Å². The number of halogens is 1. The second kappa shape index (κ2) is 7.15. The Hall–Kier alpha value is -0.740. The van der Waals surface area contributed by atoms with E-state index in [1.807, 2.05) is 6.92 Å². The molecule has 0 aromatic heterocycles. The molecule has 0 heterocycles. The van der Waals surface area contributed by atoms with Gasteiger partial charge in [-0.3, -0.25) is 0 Å². The van der Waals surface area contributed by atoms with Crippen molar-refractivity contribution in [1.82, 2.24) is 5.32 Å². The van der Waals surface area contributed by atoms with Crippen LogP contribution in [0, 0.1) is 0 Å². The number of benzene rings is 1. The van der Waals surface area contributed by atoms with Crippen molar-refractivity contribution in [1.29, 1.82) is 0 Å². The molecule has 1 aliphatic rings. The highest BCUT2D eigenvalue weighted by atomic mass is 79.9. The van der Waals surface area contributed by atoms with Crippen molar-refractivity contribution in [3.05, 3.63) is 22.2 Å². The van der Waals surface area contributed by atoms with Crippen LogP contribution in [0.1, 0.15) is 38.7 Å². The van der Waals surface area contributed by atoms with Gasteiger partial charge in [-0.1, -0.05) is 6.92 Å². The molecule has 1 saturated carbocycles. The normalized spacial score (nSPS) is 14.5. The first-order valence-electron chi connectivity index (χ1n) is 7.06. The van der Waals surface area contributed by atoms with E-state index in [-0.39, 0.29) is 0 Å². The molecular formula is C15H22BrNO2. The molecule has 0 radical (unpaired) electrons. The van der Waals surface area contributed by atoms with E-state index < -0.39 is 0 Å². The number of hydrogen-bond donors (Lipinski definition) is 1. The molecule has 106 valence electrons. The van der Waals surface area contributed by atoms with Crippen LogP contribution < -0.4 is 14.8 Å². The number of nitrogens with one attached hydrogen (secondary N) is 1. The third-order valence-corrected chi connectivity index (χ3v) is 3.58. The zero-order chi connectivity index (χ0) is 13.7. The molecule has 1 fully saturated rings. The summed E-state index contributed by atoms with van der Waals surface area (Å²) in [7, 11) is 0. The van der Waals surface area contributed by atoms with Crippen molar-refractivity contribution in [2.75, 3.05) is 13.2 Å². The zero-order valence-electron chi connectivity index (χ0n) is 11.7. The molecule has 0 aliphatic heterocycles. The Labute approximate surface area is 123 Å². The maximum atomic E-state index is 5.77. The van der Waals surface area contributed by atoms with Gasteiger partial charge in [0.05, 0.1) is 17.7 Å². The zero-order valence-corrected chi connectivity index (χ0v) is 13.3. The largest absolute Gasteiger partial charge is 0.490 e. The van der Waals surface area contributed by atoms with Gasteiger partial charge in [-0.15, -0.1) is 0 Å². The van der Waals surface area contributed by atoms with Gasteiger partial charge < -0.3 is 14.8 Å². The van der Waals surface area contributed by atoms with Gasteiger partial charge >= 0.3 is 0 Å². The lowest BCUT2D eigenvalue weighted by atomic mass is 10.2. The van der Waals surface area contributed by atoms with E-state index in [9.17, 15) is 0 Å². The molecule has 0 spiro atoms. The summed E-state index contributed by atoms with van der Waals surface area (Å²) < 4.78 is 12.4. The van der Waals surface area contributed by atoms with Crippen LogP contribution in [-0.2, 0) is 6.54 Å². The fraction of sp³-hybridized carbons (Fsp3) is 0.600. The second-order valence-corrected chi connectivity index (χ2v) is 5.70. The highest BCUT2D eigenvalue weighted by molar-refractivity contribution is 9.10. The van der Waals surface area contributed by atoms with Gasteiger partial charge in [0, 0.05) is 12.6 Å². The van der Waals surface area contributed by atoms with Crippen molar-refractivity contribution in [2.24, 2.45) is 0 Å². The summed E-state index contributed by atoms with van der Waals surface area (Å²) >= 11 is 3.59. The number of hydrogen-bond acceptors (Lipinski definition) is 3. The van der Waals surface area contributed by atoms with Gasteiger partial charge in [0.15, 0.2) is 11.5 Å². The lowest BCUT2D eigenvalue weighted by Crippen LogP contribution is -2.15. The highest BCUT2D eigenvalue weighted by Crippen LogP contribution is 2.37. The molecule has 0 unspecified atom stereocenters. The average Bonchev–Trinajstić information content (AvgIpc) is 3.20. The van der Waals surface area contributed by atoms with E-state index in [4.69, 9.17) is 9.47 Å². The van der Waals surface area contributed by atoms with Gasteiger partial charge in [-0.2, -0.15) is 0 Å². The van der Waals surface area contributed by atoms with Crippen molar-refractivity contribution in [3.63, 3.8) is 0 Å². The second-order valence-electron chi connectivity index (χ2n) is 4.84. The fourth-order valence-corrected chi connectivity index (χ4v) is 2.48. The number of ether oxygens (including phenoxy) is 2. The Bertz CT molecular complexity index is 419. The van der Waals surface area contributed by atoms with Gasteiger partial charge in [0.2, 0.25) is 0 Å². The van der Waals surface area contributed by atoms with Gasteiger partial charge in [-0.25, -0.2) is 0 Å². The summed E-state index contributed by atoms with van der Waals surface area (Å²) in [6, 6.07) is 4.91. The third-order valence-electron chi connectivity index (χ3n) is 2.99. The molecule has 4 heteroatoms. The van der Waals surface area contributed by atoms with E-state index in [0.717, 1.165) is 28.9 Å². The van der Waals surface area contributed by atoms with E-state index >= 15 is 0 Å². The molecule has 1 aromatic rings. The topological polar surface area (TPSA) is 30.5 Å². The maximum Gasteiger partial charge on any atom is 0.175 e. The summed E-state index contributed by atoms with van der Waals surface area (Å²) in [4.78, 5) is 0. The van der Waals surface area contributed by atoms with E-state index in [1.165, 1.54) is 18.4 Å². The summed E-state index contributed by atoms with van der Waals surface area (Å²) in [6.07, 6.45) is 3.59. The molecule has 3 nitrogen and oxygen atoms in total. The smallest absolute Gasteiger partial charge is 0.175 e. The fourth-order valence-electron chi connectivity index (χ4n) is 1.88. The highest BCUT2D eigenvalue weighted by Gasteiger charge is 2.20. The van der Waals surface area contributed by atoms with Crippen molar-refractivity contribution in [3.8, 4) is 11.5 Å².